The van der Waals surface area contributed by atoms with Crippen LogP contribution in [0, 0.1) is 50.7 Å². The molecule has 0 aromatic heterocycles. The average molecular weight is 634 g/mol. The fourth-order valence-corrected chi connectivity index (χ4v) is 13.0. The van der Waals surface area contributed by atoms with Crippen LogP contribution in [0.2, 0.25) is 0 Å². The van der Waals surface area contributed by atoms with Gasteiger partial charge in [-0.3, -0.25) is 4.79 Å². The molecule has 1 saturated heterocycles. The van der Waals surface area contributed by atoms with Crippen molar-refractivity contribution in [1.29, 1.82) is 0 Å². The Balaban J connectivity index is 1.21. The summed E-state index contributed by atoms with van der Waals surface area (Å²) in [6, 6.07) is 0. The van der Waals surface area contributed by atoms with Gasteiger partial charge in [-0.05, 0) is 117 Å². The van der Waals surface area contributed by atoms with Gasteiger partial charge in [0, 0.05) is 32.5 Å². The van der Waals surface area contributed by atoms with Crippen molar-refractivity contribution in [1.82, 2.24) is 5.32 Å². The third-order valence-electron chi connectivity index (χ3n) is 15.3. The highest BCUT2D eigenvalue weighted by Gasteiger charge is 2.83. The molecule has 258 valence electrons. The van der Waals surface area contributed by atoms with Gasteiger partial charge in [-0.25, -0.2) is 0 Å². The Morgan fingerprint density at radius 1 is 1.07 bits per heavy atom. The molecule has 8 nitrogen and oxygen atoms in total. The van der Waals surface area contributed by atoms with Crippen LogP contribution in [-0.2, 0) is 23.7 Å². The van der Waals surface area contributed by atoms with E-state index < -0.39 is 23.8 Å². The van der Waals surface area contributed by atoms with Gasteiger partial charge in [-0.1, -0.05) is 34.6 Å². The highest BCUT2D eigenvalue weighted by atomic mass is 16.7. The molecule has 1 heterocycles. The van der Waals surface area contributed by atoms with Crippen molar-refractivity contribution in [3.05, 3.63) is 0 Å². The highest BCUT2D eigenvalue weighted by molar-refractivity contribution is 5.66. The second-order valence-electron chi connectivity index (χ2n) is 17.9. The average Bonchev–Trinajstić information content (AvgIpc) is 3.59. The molecule has 13 atom stereocenters. The first kappa shape index (κ1) is 34.1. The van der Waals surface area contributed by atoms with E-state index in [9.17, 15) is 15.0 Å². The van der Waals surface area contributed by atoms with Crippen molar-refractivity contribution in [2.75, 3.05) is 26.8 Å². The number of aliphatic hydroxyl groups is 2. The molecule has 5 aliphatic carbocycles. The summed E-state index contributed by atoms with van der Waals surface area (Å²) in [6.45, 7) is 19.3. The van der Waals surface area contributed by atoms with Crippen molar-refractivity contribution in [2.45, 2.75) is 149 Å². The third kappa shape index (κ3) is 5.00. The van der Waals surface area contributed by atoms with E-state index in [0.29, 0.717) is 41.6 Å². The molecule has 6 unspecified atom stereocenters. The Kier molecular flexibility index (Phi) is 8.64. The molecule has 0 bridgehead atoms. The molecule has 0 aromatic carbocycles. The molecule has 0 radical (unpaired) electrons. The normalized spacial score (nSPS) is 47.4. The van der Waals surface area contributed by atoms with Crippen LogP contribution in [0.15, 0.2) is 0 Å². The van der Waals surface area contributed by atoms with Gasteiger partial charge in [0.15, 0.2) is 12.4 Å². The zero-order valence-corrected chi connectivity index (χ0v) is 29.6. The lowest BCUT2D eigenvalue weighted by atomic mass is 9.41. The van der Waals surface area contributed by atoms with E-state index in [1.54, 1.807) is 21.0 Å². The summed E-state index contributed by atoms with van der Waals surface area (Å²) in [5.74, 6) is 1.31. The van der Waals surface area contributed by atoms with Crippen molar-refractivity contribution < 1.29 is 34.0 Å². The first-order valence-corrected chi connectivity index (χ1v) is 18.1. The van der Waals surface area contributed by atoms with E-state index in [2.05, 4.69) is 39.9 Å². The first-order valence-electron chi connectivity index (χ1n) is 18.1. The summed E-state index contributed by atoms with van der Waals surface area (Å²) in [7, 11) is 1.64. The first-order chi connectivity index (χ1) is 21.0. The zero-order valence-electron chi connectivity index (χ0n) is 29.6. The van der Waals surface area contributed by atoms with Crippen molar-refractivity contribution in [3.63, 3.8) is 0 Å². The molecule has 1 aliphatic heterocycles. The van der Waals surface area contributed by atoms with Crippen molar-refractivity contribution in [2.24, 2.45) is 50.7 Å². The summed E-state index contributed by atoms with van der Waals surface area (Å²) in [5.41, 5.74) is -0.591. The standard InChI is InChI=1S/C37H63NO7/c1-22(18-25(42-9)31(33(5,6)41)44-23(2)39)24-19-28(40)35(8)27-11-10-26-32(3,4)29(45-30-20-38-16-17-43-30)12-13-36(26)21-37(27,36)15-14-34(24,35)7/h22,24-31,38,40-41H,10-21H2,1-9H3/t22-,24-,25?,26+,27?,28+,29?,30+,31+,34?,35-,36?,37?/m1/s1. The lowest BCUT2D eigenvalue weighted by Gasteiger charge is -2.64. The maximum Gasteiger partial charge on any atom is 0.303 e. The van der Waals surface area contributed by atoms with E-state index in [1.807, 2.05) is 0 Å². The second kappa shape index (κ2) is 11.4. The van der Waals surface area contributed by atoms with Crippen LogP contribution in [0.3, 0.4) is 0 Å². The number of carbonyl (C=O) groups is 1. The van der Waals surface area contributed by atoms with E-state index >= 15 is 0 Å². The van der Waals surface area contributed by atoms with Crippen LogP contribution in [0.4, 0.5) is 0 Å². The lowest BCUT2D eigenvalue weighted by Crippen LogP contribution is -2.60. The number of rotatable bonds is 9. The fraction of sp³-hybridized carbons (Fsp3) is 0.973. The Bertz CT molecular complexity index is 1120. The molecule has 45 heavy (non-hydrogen) atoms. The number of nitrogens with one attached hydrogen (secondary N) is 1. The monoisotopic (exact) mass is 633 g/mol. The zero-order chi connectivity index (χ0) is 32.8. The lowest BCUT2D eigenvalue weighted by molar-refractivity contribution is -0.237. The van der Waals surface area contributed by atoms with Gasteiger partial charge >= 0.3 is 5.97 Å². The summed E-state index contributed by atoms with van der Waals surface area (Å²) in [6.07, 6.45) is 8.43. The number of esters is 1. The SMILES string of the molecule is COC(C[C@@H](C)[C@H]1C[C@H](O)[C@@]2(C)C3CC[C@H]4C(C)(C)C(O[C@H]5CNCCO5)CCC45CC35CCC12C)[C@H](OC(C)=O)C(C)(C)O. The number of hydrogen-bond acceptors (Lipinski definition) is 8. The third-order valence-corrected chi connectivity index (χ3v) is 15.3. The van der Waals surface area contributed by atoms with Crippen LogP contribution in [0.1, 0.15) is 113 Å². The van der Waals surface area contributed by atoms with Gasteiger partial charge in [-0.2, -0.15) is 0 Å². The number of hydrogen-bond donors (Lipinski definition) is 3. The minimum Gasteiger partial charge on any atom is -0.457 e. The summed E-state index contributed by atoms with van der Waals surface area (Å²) >= 11 is 0. The highest BCUT2D eigenvalue weighted by Crippen LogP contribution is 2.89. The van der Waals surface area contributed by atoms with Gasteiger partial charge in [0.2, 0.25) is 0 Å². The van der Waals surface area contributed by atoms with E-state index in [1.165, 1.54) is 39.0 Å². The van der Waals surface area contributed by atoms with Gasteiger partial charge in [0.25, 0.3) is 0 Å². The Morgan fingerprint density at radius 2 is 1.76 bits per heavy atom. The molecule has 6 fully saturated rings. The summed E-state index contributed by atoms with van der Waals surface area (Å²) < 4.78 is 24.2. The van der Waals surface area contributed by atoms with E-state index in [-0.39, 0.29) is 40.7 Å². The van der Waals surface area contributed by atoms with Crippen LogP contribution in [-0.4, -0.2) is 79.3 Å². The molecule has 6 rings (SSSR count). The molecular weight excluding hydrogens is 570 g/mol. The van der Waals surface area contributed by atoms with Gasteiger partial charge < -0.3 is 34.5 Å². The van der Waals surface area contributed by atoms with Crippen LogP contribution >= 0.6 is 0 Å². The second-order valence-corrected chi connectivity index (χ2v) is 17.9. The summed E-state index contributed by atoms with van der Waals surface area (Å²) in [4.78, 5) is 12.0. The van der Waals surface area contributed by atoms with Crippen LogP contribution in [0.5, 0.6) is 0 Å². The minimum atomic E-state index is -1.23. The molecule has 0 aromatic rings. The number of methoxy groups -OCH3 is 1. The maximum atomic E-state index is 12.1. The van der Waals surface area contributed by atoms with Crippen LogP contribution < -0.4 is 5.32 Å². The van der Waals surface area contributed by atoms with Gasteiger partial charge in [0.05, 0.1) is 30.5 Å². The smallest absolute Gasteiger partial charge is 0.303 e. The number of morpholine rings is 1. The molecule has 0 amide bonds. The molecule has 2 spiro atoms. The molecule has 3 N–H and O–H groups in total. The number of carbonyl (C=O) groups excluding carboxylic acids is 1. The predicted octanol–water partition coefficient (Wildman–Crippen LogP) is 5.47. The Labute approximate surface area is 272 Å². The minimum absolute atomic E-state index is 0.00344. The van der Waals surface area contributed by atoms with Crippen molar-refractivity contribution >= 4 is 5.97 Å². The molecule has 5 saturated carbocycles. The Hall–Kier alpha value is -0.770. The Morgan fingerprint density at radius 3 is 2.38 bits per heavy atom. The maximum absolute atomic E-state index is 12.1. The predicted molar refractivity (Wildman–Crippen MR) is 172 cm³/mol. The molecular formula is C37H63NO7. The molecule has 6 aliphatic rings. The number of aliphatic hydroxyl groups excluding tert-OH is 1. The van der Waals surface area contributed by atoms with E-state index in [0.717, 1.165) is 32.4 Å². The van der Waals surface area contributed by atoms with E-state index in [4.69, 9.17) is 18.9 Å². The largest absolute Gasteiger partial charge is 0.457 e. The number of ether oxygens (including phenoxy) is 4. The van der Waals surface area contributed by atoms with Gasteiger partial charge in [-0.15, -0.1) is 0 Å². The van der Waals surface area contributed by atoms with Gasteiger partial charge in [0.1, 0.15) is 0 Å². The fourth-order valence-electron chi connectivity index (χ4n) is 13.0. The topological polar surface area (TPSA) is 106 Å². The van der Waals surface area contributed by atoms with Crippen LogP contribution in [0.25, 0.3) is 0 Å². The summed E-state index contributed by atoms with van der Waals surface area (Å²) in [5, 5.41) is 26.5. The molecule has 8 heteroatoms. The quantitative estimate of drug-likeness (QED) is 0.287. The van der Waals surface area contributed by atoms with Crippen molar-refractivity contribution in [3.8, 4) is 0 Å². The number of fused-ring (bicyclic) bond motifs is 2.